The van der Waals surface area contributed by atoms with Gasteiger partial charge in [-0.3, -0.25) is 4.79 Å². The molecule has 1 aromatic rings. The topological polar surface area (TPSA) is 17.1 Å². The first-order chi connectivity index (χ1) is 7.16. The molecule has 78 valence electrons. The maximum absolute atomic E-state index is 13.1. The van der Waals surface area contributed by atoms with Crippen LogP contribution >= 0.6 is 0 Å². The van der Waals surface area contributed by atoms with E-state index in [1.165, 1.54) is 12.1 Å². The van der Waals surface area contributed by atoms with Crippen molar-refractivity contribution < 1.29 is 13.6 Å². The van der Waals surface area contributed by atoms with E-state index >= 15 is 0 Å². The van der Waals surface area contributed by atoms with Gasteiger partial charge in [-0.2, -0.15) is 0 Å². The molecule has 0 N–H and O–H groups in total. The average Bonchev–Trinajstić information content (AvgIpc) is 2.22. The maximum Gasteiger partial charge on any atom is 0.169 e. The summed E-state index contributed by atoms with van der Waals surface area (Å²) in [5.74, 6) is 2.83. The molecule has 0 aromatic heterocycles. The van der Waals surface area contributed by atoms with Gasteiger partial charge in [0.1, 0.15) is 0 Å². The summed E-state index contributed by atoms with van der Waals surface area (Å²) in [7, 11) is 0. The summed E-state index contributed by atoms with van der Waals surface area (Å²) in [5.41, 5.74) is -0.201. The molecule has 0 aliphatic heterocycles. The Morgan fingerprint density at radius 3 is 2.80 bits per heavy atom. The lowest BCUT2D eigenvalue weighted by molar-refractivity contribution is 0.0979. The van der Waals surface area contributed by atoms with E-state index in [9.17, 15) is 13.6 Å². The van der Waals surface area contributed by atoms with Gasteiger partial charge < -0.3 is 0 Å². The molecule has 0 saturated carbocycles. The molecule has 0 atom stereocenters. The van der Waals surface area contributed by atoms with Crippen molar-refractivity contribution in [3.8, 4) is 11.8 Å². The minimum absolute atomic E-state index is 0.112. The highest BCUT2D eigenvalue weighted by Gasteiger charge is 2.13. The SMILES string of the molecule is CC#CCCC(=O)c1cccc(F)c1F. The van der Waals surface area contributed by atoms with Gasteiger partial charge in [-0.1, -0.05) is 6.07 Å². The van der Waals surface area contributed by atoms with Crippen molar-refractivity contribution in [2.24, 2.45) is 0 Å². The van der Waals surface area contributed by atoms with Gasteiger partial charge in [0, 0.05) is 12.8 Å². The summed E-state index contributed by atoms with van der Waals surface area (Å²) in [6.45, 7) is 1.66. The minimum atomic E-state index is -1.08. The van der Waals surface area contributed by atoms with Crippen molar-refractivity contribution >= 4 is 5.78 Å². The van der Waals surface area contributed by atoms with E-state index in [0.717, 1.165) is 6.07 Å². The van der Waals surface area contributed by atoms with Crippen LogP contribution in [0.4, 0.5) is 8.78 Å². The second kappa shape index (κ2) is 5.26. The first-order valence-corrected chi connectivity index (χ1v) is 4.53. The molecule has 15 heavy (non-hydrogen) atoms. The fourth-order valence-electron chi connectivity index (χ4n) is 1.15. The number of benzene rings is 1. The van der Waals surface area contributed by atoms with Crippen LogP contribution in [0.5, 0.6) is 0 Å². The molecule has 0 spiro atoms. The Morgan fingerprint density at radius 2 is 2.13 bits per heavy atom. The van der Waals surface area contributed by atoms with Crippen molar-refractivity contribution in [2.45, 2.75) is 19.8 Å². The highest BCUT2D eigenvalue weighted by Crippen LogP contribution is 2.13. The molecule has 3 heteroatoms. The smallest absolute Gasteiger partial charge is 0.169 e. The van der Waals surface area contributed by atoms with Crippen LogP contribution in [-0.2, 0) is 0 Å². The Morgan fingerprint density at radius 1 is 1.40 bits per heavy atom. The zero-order chi connectivity index (χ0) is 11.3. The van der Waals surface area contributed by atoms with Crippen molar-refractivity contribution in [3.63, 3.8) is 0 Å². The lowest BCUT2D eigenvalue weighted by Crippen LogP contribution is -2.03. The standard InChI is InChI=1S/C12H10F2O/c1-2-3-4-8-11(15)9-6-5-7-10(13)12(9)14/h5-7H,4,8H2,1H3. The molecule has 1 aromatic carbocycles. The predicted octanol–water partition coefficient (Wildman–Crippen LogP) is 2.95. The largest absolute Gasteiger partial charge is 0.294 e. The van der Waals surface area contributed by atoms with Crippen molar-refractivity contribution in [2.75, 3.05) is 0 Å². The first-order valence-electron chi connectivity index (χ1n) is 4.53. The van der Waals surface area contributed by atoms with Gasteiger partial charge in [-0.05, 0) is 19.1 Å². The minimum Gasteiger partial charge on any atom is -0.294 e. The third-order valence-corrected chi connectivity index (χ3v) is 1.91. The molecular weight excluding hydrogens is 198 g/mol. The summed E-state index contributed by atoms with van der Waals surface area (Å²) >= 11 is 0. The van der Waals surface area contributed by atoms with Crippen LogP contribution in [0.3, 0.4) is 0 Å². The highest BCUT2D eigenvalue weighted by molar-refractivity contribution is 5.96. The number of hydrogen-bond donors (Lipinski definition) is 0. The summed E-state index contributed by atoms with van der Waals surface area (Å²) < 4.78 is 25.9. The monoisotopic (exact) mass is 208 g/mol. The number of hydrogen-bond acceptors (Lipinski definition) is 1. The van der Waals surface area contributed by atoms with Gasteiger partial charge in [0.05, 0.1) is 5.56 Å². The van der Waals surface area contributed by atoms with E-state index in [4.69, 9.17) is 0 Å². The fraction of sp³-hybridized carbons (Fsp3) is 0.250. The number of ketones is 1. The van der Waals surface area contributed by atoms with Crippen LogP contribution in [-0.4, -0.2) is 5.78 Å². The molecule has 0 saturated heterocycles. The van der Waals surface area contributed by atoms with Crippen molar-refractivity contribution in [3.05, 3.63) is 35.4 Å². The molecule has 0 fully saturated rings. The van der Waals surface area contributed by atoms with E-state index in [1.807, 2.05) is 0 Å². The van der Waals surface area contributed by atoms with Crippen LogP contribution in [0.25, 0.3) is 0 Å². The zero-order valence-electron chi connectivity index (χ0n) is 8.31. The highest BCUT2D eigenvalue weighted by atomic mass is 19.2. The summed E-state index contributed by atoms with van der Waals surface area (Å²) in [5, 5.41) is 0. The number of halogens is 2. The van der Waals surface area contributed by atoms with Gasteiger partial charge in [-0.15, -0.1) is 11.8 Å². The molecular formula is C12H10F2O. The molecule has 0 aliphatic carbocycles. The summed E-state index contributed by atoms with van der Waals surface area (Å²) in [6.07, 6.45) is 0.479. The van der Waals surface area contributed by atoms with Gasteiger partial charge in [0.15, 0.2) is 17.4 Å². The Kier molecular flexibility index (Phi) is 3.99. The Labute approximate surface area is 87.1 Å². The number of carbonyl (C=O) groups excluding carboxylic acids is 1. The van der Waals surface area contributed by atoms with E-state index in [0.29, 0.717) is 6.42 Å². The second-order valence-electron chi connectivity index (χ2n) is 2.95. The maximum atomic E-state index is 13.1. The van der Waals surface area contributed by atoms with E-state index in [1.54, 1.807) is 6.92 Å². The number of carbonyl (C=O) groups is 1. The molecule has 0 aliphatic rings. The van der Waals surface area contributed by atoms with E-state index < -0.39 is 17.4 Å². The van der Waals surface area contributed by atoms with Gasteiger partial charge >= 0.3 is 0 Å². The van der Waals surface area contributed by atoms with Crippen LogP contribution in [0.1, 0.15) is 30.1 Å². The Hall–Kier alpha value is -1.69. The quantitative estimate of drug-likeness (QED) is 0.551. The molecule has 1 rings (SSSR count). The van der Waals surface area contributed by atoms with Gasteiger partial charge in [0.2, 0.25) is 0 Å². The lowest BCUT2D eigenvalue weighted by Gasteiger charge is -2.00. The summed E-state index contributed by atoms with van der Waals surface area (Å²) in [4.78, 5) is 11.4. The predicted molar refractivity (Wildman–Crippen MR) is 53.4 cm³/mol. The van der Waals surface area contributed by atoms with Crippen LogP contribution in [0, 0.1) is 23.5 Å². The molecule has 0 amide bonds. The first kappa shape index (κ1) is 11.4. The van der Waals surface area contributed by atoms with Crippen molar-refractivity contribution in [1.82, 2.24) is 0 Å². The van der Waals surface area contributed by atoms with Crippen LogP contribution in [0.15, 0.2) is 18.2 Å². The number of Topliss-reactive ketones (excluding diaryl/α,β-unsaturated/α-hetero) is 1. The normalized spacial score (nSPS) is 9.27. The average molecular weight is 208 g/mol. The summed E-state index contributed by atoms with van der Waals surface area (Å²) in [6, 6.07) is 3.58. The van der Waals surface area contributed by atoms with Crippen LogP contribution < -0.4 is 0 Å². The molecule has 1 nitrogen and oxygen atoms in total. The van der Waals surface area contributed by atoms with E-state index in [-0.39, 0.29) is 12.0 Å². The fourth-order valence-corrected chi connectivity index (χ4v) is 1.15. The molecule has 0 unspecified atom stereocenters. The third kappa shape index (κ3) is 2.88. The molecule has 0 bridgehead atoms. The Bertz CT molecular complexity index is 427. The second-order valence-corrected chi connectivity index (χ2v) is 2.95. The van der Waals surface area contributed by atoms with Gasteiger partial charge in [-0.25, -0.2) is 8.78 Å². The van der Waals surface area contributed by atoms with E-state index in [2.05, 4.69) is 11.8 Å². The lowest BCUT2D eigenvalue weighted by atomic mass is 10.1. The molecule has 0 radical (unpaired) electrons. The van der Waals surface area contributed by atoms with Crippen LogP contribution in [0.2, 0.25) is 0 Å². The zero-order valence-corrected chi connectivity index (χ0v) is 8.31. The van der Waals surface area contributed by atoms with Crippen molar-refractivity contribution in [1.29, 1.82) is 0 Å². The molecule has 0 heterocycles. The number of rotatable bonds is 3. The Balaban J connectivity index is 2.81. The van der Waals surface area contributed by atoms with Gasteiger partial charge in [0.25, 0.3) is 0 Å². The third-order valence-electron chi connectivity index (χ3n) is 1.91.